The van der Waals surface area contributed by atoms with Crippen LogP contribution in [0.4, 0.5) is 4.39 Å². The van der Waals surface area contributed by atoms with E-state index in [1.165, 1.54) is 12.1 Å². The zero-order valence-corrected chi connectivity index (χ0v) is 16.9. The number of carbonyl (C=O) groups is 2. The first kappa shape index (κ1) is 20.4. The Balaban J connectivity index is 1.26. The van der Waals surface area contributed by atoms with Crippen LogP contribution in [0.1, 0.15) is 32.6 Å². The van der Waals surface area contributed by atoms with E-state index in [-0.39, 0.29) is 47.3 Å². The van der Waals surface area contributed by atoms with Gasteiger partial charge in [0.05, 0.1) is 5.02 Å². The highest BCUT2D eigenvalue weighted by molar-refractivity contribution is 6.30. The molecule has 3 aliphatic rings. The Morgan fingerprint density at radius 1 is 1.24 bits per heavy atom. The van der Waals surface area contributed by atoms with Gasteiger partial charge in [-0.25, -0.2) is 4.39 Å². The average Bonchev–Trinajstić information content (AvgIpc) is 3.16. The van der Waals surface area contributed by atoms with Gasteiger partial charge in [0, 0.05) is 30.6 Å². The molecule has 6 atom stereocenters. The Labute approximate surface area is 173 Å². The van der Waals surface area contributed by atoms with Gasteiger partial charge in [-0.15, -0.1) is 0 Å². The summed E-state index contributed by atoms with van der Waals surface area (Å²) in [6.45, 7) is 1.77. The molecule has 0 radical (unpaired) electrons. The molecule has 3 fully saturated rings. The fourth-order valence-electron chi connectivity index (χ4n) is 4.52. The summed E-state index contributed by atoms with van der Waals surface area (Å²) in [5.41, 5.74) is 2.82. The summed E-state index contributed by atoms with van der Waals surface area (Å²) in [6, 6.07) is 4.25. The highest BCUT2D eigenvalue weighted by Crippen LogP contribution is 2.47. The highest BCUT2D eigenvalue weighted by atomic mass is 35.5. The lowest BCUT2D eigenvalue weighted by Crippen LogP contribution is -2.46. The monoisotopic (exact) mass is 425 g/mol. The molecule has 2 aliphatic carbocycles. The van der Waals surface area contributed by atoms with E-state index in [9.17, 15) is 14.0 Å². The van der Waals surface area contributed by atoms with E-state index in [0.717, 1.165) is 18.9 Å². The summed E-state index contributed by atoms with van der Waals surface area (Å²) in [4.78, 5) is 30.1. The number of halogens is 2. The number of amides is 2. The van der Waals surface area contributed by atoms with E-state index >= 15 is 0 Å². The summed E-state index contributed by atoms with van der Waals surface area (Å²) in [6.07, 6.45) is 2.95. The molecule has 1 aromatic carbocycles. The van der Waals surface area contributed by atoms with Gasteiger partial charge < -0.3 is 15.4 Å². The average molecular weight is 426 g/mol. The van der Waals surface area contributed by atoms with Crippen molar-refractivity contribution < 1.29 is 23.6 Å². The van der Waals surface area contributed by atoms with Crippen LogP contribution in [-0.4, -0.2) is 42.7 Å². The molecule has 1 heterocycles. The van der Waals surface area contributed by atoms with E-state index in [2.05, 4.69) is 16.1 Å². The van der Waals surface area contributed by atoms with Crippen molar-refractivity contribution in [1.82, 2.24) is 16.1 Å². The molecule has 3 N–H and O–H groups in total. The summed E-state index contributed by atoms with van der Waals surface area (Å²) in [5.74, 6) is 0.0328. The second kappa shape index (κ2) is 8.45. The Bertz CT molecular complexity index is 795. The van der Waals surface area contributed by atoms with Crippen LogP contribution in [0.25, 0.3) is 0 Å². The largest absolute Gasteiger partial charge is 0.484 e. The van der Waals surface area contributed by atoms with Crippen molar-refractivity contribution in [2.75, 3.05) is 6.61 Å². The van der Waals surface area contributed by atoms with Crippen LogP contribution in [0.5, 0.6) is 5.75 Å². The Morgan fingerprint density at radius 2 is 1.97 bits per heavy atom. The Hall–Kier alpha value is -1.90. The summed E-state index contributed by atoms with van der Waals surface area (Å²) in [7, 11) is 0. The molecule has 2 saturated carbocycles. The molecule has 1 aliphatic heterocycles. The minimum atomic E-state index is -0.591. The van der Waals surface area contributed by atoms with E-state index in [0.29, 0.717) is 24.7 Å². The second-order valence-electron chi connectivity index (χ2n) is 8.16. The fraction of sp³-hybridized carbons (Fsp3) is 0.600. The van der Waals surface area contributed by atoms with Crippen molar-refractivity contribution in [3.63, 3.8) is 0 Å². The molecule has 158 valence electrons. The topological polar surface area (TPSA) is 88.7 Å². The van der Waals surface area contributed by atoms with E-state index in [1.807, 2.05) is 6.92 Å². The normalized spacial score (nSPS) is 32.9. The van der Waals surface area contributed by atoms with Crippen molar-refractivity contribution in [3.8, 4) is 5.75 Å². The molecule has 7 nitrogen and oxygen atoms in total. The predicted octanol–water partition coefficient (Wildman–Crippen LogP) is 1.94. The molecule has 1 saturated heterocycles. The number of rotatable bonds is 6. The molecule has 2 amide bonds. The van der Waals surface area contributed by atoms with Crippen LogP contribution in [0.15, 0.2) is 18.2 Å². The van der Waals surface area contributed by atoms with Gasteiger partial charge in [0.25, 0.3) is 11.8 Å². The van der Waals surface area contributed by atoms with Crippen molar-refractivity contribution >= 4 is 23.4 Å². The summed E-state index contributed by atoms with van der Waals surface area (Å²) >= 11 is 5.64. The van der Waals surface area contributed by atoms with Gasteiger partial charge in [0.15, 0.2) is 12.7 Å². The van der Waals surface area contributed by atoms with Crippen LogP contribution >= 0.6 is 11.6 Å². The summed E-state index contributed by atoms with van der Waals surface area (Å²) in [5, 5.41) is 6.12. The first-order valence-corrected chi connectivity index (χ1v) is 10.4. The summed E-state index contributed by atoms with van der Waals surface area (Å²) < 4.78 is 18.8. The van der Waals surface area contributed by atoms with Gasteiger partial charge in [-0.1, -0.05) is 11.6 Å². The lowest BCUT2D eigenvalue weighted by molar-refractivity contribution is -0.134. The van der Waals surface area contributed by atoms with Crippen molar-refractivity contribution in [3.05, 3.63) is 29.0 Å². The Kier molecular flexibility index (Phi) is 5.94. The molecular formula is C20H25ClFN3O4. The molecule has 0 aromatic heterocycles. The third-order valence-electron chi connectivity index (χ3n) is 6.13. The zero-order valence-electron chi connectivity index (χ0n) is 16.1. The molecule has 1 aromatic rings. The van der Waals surface area contributed by atoms with Crippen LogP contribution in [0.3, 0.4) is 0 Å². The predicted molar refractivity (Wildman–Crippen MR) is 104 cm³/mol. The first-order chi connectivity index (χ1) is 13.9. The number of fused-ring (bicyclic) bond motifs is 1. The fourth-order valence-corrected chi connectivity index (χ4v) is 4.64. The lowest BCUT2D eigenvalue weighted by Gasteiger charge is -2.36. The number of benzene rings is 1. The standard InChI is InChI=1S/C20H25ClFN3O4/c1-10-6-18(29-25-10)20(27)24-17-8-16(12-3-4-13(12)17)23-19(26)9-28-11-2-5-14(21)15(22)7-11/h2,5,7,10,12-13,16-18,25H,3-4,6,8-9H2,1H3,(H,23,26)(H,24,27)/t10?,12?,13?,16-,17?,18?/m0/s1. The first-order valence-electron chi connectivity index (χ1n) is 9.99. The third kappa shape index (κ3) is 4.49. The van der Waals surface area contributed by atoms with Crippen molar-refractivity contribution in [2.45, 2.75) is 56.8 Å². The van der Waals surface area contributed by atoms with Crippen molar-refractivity contribution in [1.29, 1.82) is 0 Å². The van der Waals surface area contributed by atoms with Gasteiger partial charge in [0.1, 0.15) is 11.6 Å². The lowest BCUT2D eigenvalue weighted by atomic mass is 9.73. The second-order valence-corrected chi connectivity index (χ2v) is 8.56. The molecule has 5 unspecified atom stereocenters. The maximum absolute atomic E-state index is 13.5. The van der Waals surface area contributed by atoms with E-state index in [4.69, 9.17) is 21.2 Å². The molecule has 9 heteroatoms. The molecule has 29 heavy (non-hydrogen) atoms. The highest BCUT2D eigenvalue weighted by Gasteiger charge is 2.50. The van der Waals surface area contributed by atoms with Crippen LogP contribution in [0, 0.1) is 17.7 Å². The Morgan fingerprint density at radius 3 is 2.59 bits per heavy atom. The van der Waals surface area contributed by atoms with Gasteiger partial charge in [-0.2, -0.15) is 5.48 Å². The number of hydroxylamine groups is 1. The van der Waals surface area contributed by atoms with Gasteiger partial charge in [0.2, 0.25) is 0 Å². The zero-order chi connectivity index (χ0) is 20.5. The van der Waals surface area contributed by atoms with Crippen LogP contribution in [-0.2, 0) is 14.4 Å². The number of nitrogens with one attached hydrogen (secondary N) is 3. The molecule has 0 bridgehead atoms. The van der Waals surface area contributed by atoms with Crippen LogP contribution in [0.2, 0.25) is 5.02 Å². The number of hydrogen-bond donors (Lipinski definition) is 3. The molecule has 0 spiro atoms. The number of carbonyl (C=O) groups excluding carboxylic acids is 2. The third-order valence-corrected chi connectivity index (χ3v) is 6.44. The van der Waals surface area contributed by atoms with Gasteiger partial charge in [-0.05, 0) is 50.2 Å². The van der Waals surface area contributed by atoms with Crippen molar-refractivity contribution in [2.24, 2.45) is 11.8 Å². The maximum Gasteiger partial charge on any atom is 0.258 e. The quantitative estimate of drug-likeness (QED) is 0.648. The maximum atomic E-state index is 13.5. The number of hydrogen-bond acceptors (Lipinski definition) is 5. The minimum Gasteiger partial charge on any atom is -0.484 e. The molecule has 4 rings (SSSR count). The van der Waals surface area contributed by atoms with E-state index < -0.39 is 11.9 Å². The number of ether oxygens (including phenoxy) is 1. The molecular weight excluding hydrogens is 401 g/mol. The van der Waals surface area contributed by atoms with E-state index in [1.54, 1.807) is 0 Å². The SMILES string of the molecule is CC1CC(C(=O)NC2C[C@H](NC(=O)COc3ccc(Cl)c(F)c3)C3CCC23)ON1. The van der Waals surface area contributed by atoms with Gasteiger partial charge in [-0.3, -0.25) is 14.4 Å². The minimum absolute atomic E-state index is 0.00125. The smallest absolute Gasteiger partial charge is 0.258 e. The van der Waals surface area contributed by atoms with Crippen LogP contribution < -0.4 is 20.9 Å². The van der Waals surface area contributed by atoms with Gasteiger partial charge >= 0.3 is 0 Å².